The van der Waals surface area contributed by atoms with Crippen LogP contribution in [0.5, 0.6) is 0 Å². The third-order valence-corrected chi connectivity index (χ3v) is 3.86. The van der Waals surface area contributed by atoms with Gasteiger partial charge in [0.15, 0.2) is 5.58 Å². The van der Waals surface area contributed by atoms with Gasteiger partial charge in [0.05, 0.1) is 12.7 Å². The predicted molar refractivity (Wildman–Crippen MR) is 79.6 cm³/mol. The van der Waals surface area contributed by atoms with E-state index >= 15 is 0 Å². The minimum Gasteiger partial charge on any atom is -0.465 e. The number of carbonyl (C=O) groups excluding carboxylic acids is 1. The van der Waals surface area contributed by atoms with E-state index in [-0.39, 0.29) is 12.1 Å². The SMILES string of the molecule is COC(=O)c1cccc2oc(N3C(C)CNCC3C)nc12. The number of methoxy groups -OCH3 is 1. The van der Waals surface area contributed by atoms with Gasteiger partial charge < -0.3 is 19.4 Å². The van der Waals surface area contributed by atoms with Gasteiger partial charge in [0.2, 0.25) is 0 Å². The number of para-hydroxylation sites is 1. The summed E-state index contributed by atoms with van der Waals surface area (Å²) in [7, 11) is 1.36. The molecule has 1 aliphatic heterocycles. The number of anilines is 1. The number of carbonyl (C=O) groups is 1. The fourth-order valence-electron chi connectivity index (χ4n) is 2.83. The Kier molecular flexibility index (Phi) is 3.55. The molecular formula is C15H19N3O3. The van der Waals surface area contributed by atoms with Crippen LogP contribution in [-0.4, -0.2) is 43.2 Å². The maximum atomic E-state index is 11.8. The fourth-order valence-corrected chi connectivity index (χ4v) is 2.83. The highest BCUT2D eigenvalue weighted by Crippen LogP contribution is 2.28. The summed E-state index contributed by atoms with van der Waals surface area (Å²) in [6, 6.07) is 6.41. The summed E-state index contributed by atoms with van der Waals surface area (Å²) in [5.41, 5.74) is 1.59. The van der Waals surface area contributed by atoms with Gasteiger partial charge in [-0.25, -0.2) is 4.79 Å². The number of aromatic nitrogens is 1. The number of nitrogens with zero attached hydrogens (tertiary/aromatic N) is 2. The molecule has 6 heteroatoms. The van der Waals surface area contributed by atoms with Gasteiger partial charge in [-0.1, -0.05) is 6.07 Å². The minimum absolute atomic E-state index is 0.281. The van der Waals surface area contributed by atoms with Crippen molar-refractivity contribution in [3.05, 3.63) is 23.8 Å². The average Bonchev–Trinajstić information content (AvgIpc) is 2.89. The number of fused-ring (bicyclic) bond motifs is 1. The molecule has 1 aromatic carbocycles. The Morgan fingerprint density at radius 3 is 2.76 bits per heavy atom. The zero-order valence-electron chi connectivity index (χ0n) is 12.4. The highest BCUT2D eigenvalue weighted by molar-refractivity contribution is 6.01. The molecule has 2 aromatic rings. The van der Waals surface area contributed by atoms with E-state index in [4.69, 9.17) is 9.15 Å². The molecule has 0 radical (unpaired) electrons. The van der Waals surface area contributed by atoms with Crippen molar-refractivity contribution in [3.8, 4) is 0 Å². The number of oxazole rings is 1. The smallest absolute Gasteiger partial charge is 0.340 e. The number of hydrogen-bond donors (Lipinski definition) is 1. The molecule has 0 amide bonds. The Labute approximate surface area is 123 Å². The lowest BCUT2D eigenvalue weighted by Gasteiger charge is -2.38. The summed E-state index contributed by atoms with van der Waals surface area (Å²) in [5, 5.41) is 3.37. The van der Waals surface area contributed by atoms with Crippen LogP contribution in [0.1, 0.15) is 24.2 Å². The normalized spacial score (nSPS) is 22.5. The number of nitrogens with one attached hydrogen (secondary N) is 1. The second-order valence-electron chi connectivity index (χ2n) is 5.40. The van der Waals surface area contributed by atoms with Crippen molar-refractivity contribution in [2.24, 2.45) is 0 Å². The van der Waals surface area contributed by atoms with Crippen LogP contribution in [0.25, 0.3) is 11.1 Å². The molecule has 1 aromatic heterocycles. The van der Waals surface area contributed by atoms with E-state index in [9.17, 15) is 4.79 Å². The van der Waals surface area contributed by atoms with Crippen molar-refractivity contribution >= 4 is 23.1 Å². The van der Waals surface area contributed by atoms with Crippen LogP contribution in [0.4, 0.5) is 6.01 Å². The maximum absolute atomic E-state index is 11.8. The van der Waals surface area contributed by atoms with Gasteiger partial charge in [-0.2, -0.15) is 4.98 Å². The molecule has 0 bridgehead atoms. The zero-order chi connectivity index (χ0) is 15.0. The molecular weight excluding hydrogens is 270 g/mol. The monoisotopic (exact) mass is 289 g/mol. The van der Waals surface area contributed by atoms with Crippen LogP contribution in [0.2, 0.25) is 0 Å². The highest BCUT2D eigenvalue weighted by Gasteiger charge is 2.29. The number of esters is 1. The van der Waals surface area contributed by atoms with E-state index in [1.54, 1.807) is 12.1 Å². The van der Waals surface area contributed by atoms with Crippen molar-refractivity contribution in [2.75, 3.05) is 25.1 Å². The van der Waals surface area contributed by atoms with Crippen LogP contribution in [0, 0.1) is 0 Å². The number of hydrogen-bond acceptors (Lipinski definition) is 6. The van der Waals surface area contributed by atoms with E-state index in [1.807, 2.05) is 6.07 Å². The molecule has 1 fully saturated rings. The summed E-state index contributed by atoms with van der Waals surface area (Å²) in [4.78, 5) is 18.5. The first-order valence-electron chi connectivity index (χ1n) is 7.08. The molecule has 2 heterocycles. The third-order valence-electron chi connectivity index (χ3n) is 3.86. The van der Waals surface area contributed by atoms with Crippen LogP contribution >= 0.6 is 0 Å². The standard InChI is InChI=1S/C15H19N3O3/c1-9-7-16-8-10(2)18(9)15-17-13-11(14(19)20-3)5-4-6-12(13)21-15/h4-6,9-10,16H,7-8H2,1-3H3. The van der Waals surface area contributed by atoms with Gasteiger partial charge >= 0.3 is 5.97 Å². The number of ether oxygens (including phenoxy) is 1. The van der Waals surface area contributed by atoms with Gasteiger partial charge in [-0.05, 0) is 26.0 Å². The van der Waals surface area contributed by atoms with Crippen LogP contribution in [-0.2, 0) is 4.74 Å². The fraction of sp³-hybridized carbons (Fsp3) is 0.467. The number of piperazine rings is 1. The molecule has 1 saturated heterocycles. The largest absolute Gasteiger partial charge is 0.465 e. The Morgan fingerprint density at radius 1 is 1.38 bits per heavy atom. The minimum atomic E-state index is -0.401. The lowest BCUT2D eigenvalue weighted by molar-refractivity contribution is 0.0603. The first-order chi connectivity index (χ1) is 10.1. The van der Waals surface area contributed by atoms with Gasteiger partial charge in [-0.15, -0.1) is 0 Å². The second-order valence-corrected chi connectivity index (χ2v) is 5.40. The summed E-state index contributed by atoms with van der Waals surface area (Å²) in [6.45, 7) is 6.01. The summed E-state index contributed by atoms with van der Waals surface area (Å²) in [6.07, 6.45) is 0. The first kappa shape index (κ1) is 13.9. The van der Waals surface area contributed by atoms with Crippen molar-refractivity contribution < 1.29 is 13.9 Å². The van der Waals surface area contributed by atoms with Gasteiger partial charge in [0, 0.05) is 25.2 Å². The van der Waals surface area contributed by atoms with E-state index < -0.39 is 5.97 Å². The summed E-state index contributed by atoms with van der Waals surface area (Å²) >= 11 is 0. The lowest BCUT2D eigenvalue weighted by atomic mass is 10.1. The van der Waals surface area contributed by atoms with Crippen molar-refractivity contribution in [1.82, 2.24) is 10.3 Å². The second kappa shape index (κ2) is 5.37. The van der Waals surface area contributed by atoms with E-state index in [0.29, 0.717) is 22.7 Å². The van der Waals surface area contributed by atoms with Crippen molar-refractivity contribution in [1.29, 1.82) is 0 Å². The Morgan fingerprint density at radius 2 is 2.10 bits per heavy atom. The topological polar surface area (TPSA) is 67.6 Å². The molecule has 1 aliphatic rings. The first-order valence-corrected chi connectivity index (χ1v) is 7.08. The molecule has 1 N–H and O–H groups in total. The van der Waals surface area contributed by atoms with Crippen molar-refractivity contribution in [3.63, 3.8) is 0 Å². The average molecular weight is 289 g/mol. The molecule has 2 atom stereocenters. The summed E-state index contributed by atoms with van der Waals surface area (Å²) < 4.78 is 10.7. The number of benzene rings is 1. The quantitative estimate of drug-likeness (QED) is 0.850. The zero-order valence-corrected chi connectivity index (χ0v) is 12.4. The van der Waals surface area contributed by atoms with Crippen LogP contribution < -0.4 is 10.2 Å². The summed E-state index contributed by atoms with van der Waals surface area (Å²) in [5.74, 6) is -0.401. The van der Waals surface area contributed by atoms with E-state index in [0.717, 1.165) is 13.1 Å². The molecule has 3 rings (SSSR count). The lowest BCUT2D eigenvalue weighted by Crippen LogP contribution is -2.55. The van der Waals surface area contributed by atoms with Gasteiger partial charge in [0.1, 0.15) is 5.52 Å². The Bertz CT molecular complexity index is 657. The number of rotatable bonds is 2. The predicted octanol–water partition coefficient (Wildman–Crippen LogP) is 1.80. The Balaban J connectivity index is 2.06. The van der Waals surface area contributed by atoms with E-state index in [1.165, 1.54) is 7.11 Å². The third kappa shape index (κ3) is 2.35. The molecule has 6 nitrogen and oxygen atoms in total. The van der Waals surface area contributed by atoms with Crippen molar-refractivity contribution in [2.45, 2.75) is 25.9 Å². The molecule has 21 heavy (non-hydrogen) atoms. The van der Waals surface area contributed by atoms with Gasteiger partial charge in [0.25, 0.3) is 6.01 Å². The molecule has 0 saturated carbocycles. The molecule has 0 aliphatic carbocycles. The maximum Gasteiger partial charge on any atom is 0.340 e. The van der Waals surface area contributed by atoms with Crippen LogP contribution in [0.3, 0.4) is 0 Å². The molecule has 0 spiro atoms. The van der Waals surface area contributed by atoms with Gasteiger partial charge in [-0.3, -0.25) is 0 Å². The highest BCUT2D eigenvalue weighted by atomic mass is 16.5. The van der Waals surface area contributed by atoms with Crippen LogP contribution in [0.15, 0.2) is 22.6 Å². The molecule has 2 unspecified atom stereocenters. The Hall–Kier alpha value is -2.08. The van der Waals surface area contributed by atoms with E-state index in [2.05, 4.69) is 29.0 Å². The molecule has 112 valence electrons.